The van der Waals surface area contributed by atoms with Crippen LogP contribution in [0.4, 0.5) is 0 Å². The van der Waals surface area contributed by atoms with E-state index >= 15 is 0 Å². The molecule has 150 valence electrons. The Kier molecular flexibility index (Phi) is 8.33. The van der Waals surface area contributed by atoms with Crippen molar-refractivity contribution >= 4 is 18.0 Å². The number of esters is 1. The molecular weight excluding hydrogens is 479 g/mol. The van der Waals surface area contributed by atoms with E-state index < -0.39 is 0 Å². The van der Waals surface area contributed by atoms with Crippen LogP contribution in [-0.2, 0) is 16.1 Å². The molecule has 0 spiro atoms. The minimum Gasteiger partial charge on any atom is -1.00 e. The van der Waals surface area contributed by atoms with Crippen molar-refractivity contribution in [3.05, 3.63) is 95.6 Å². The summed E-state index contributed by atoms with van der Waals surface area (Å²) in [5.74, 6) is -0.360. The molecule has 0 aliphatic carbocycles. The van der Waals surface area contributed by atoms with E-state index in [1.807, 2.05) is 59.3 Å². The maximum atomic E-state index is 12.5. The van der Waals surface area contributed by atoms with Crippen LogP contribution in [0.1, 0.15) is 35.3 Å². The Balaban J connectivity index is 0.00000300. The molecule has 0 N–H and O–H groups in total. The molecule has 0 fully saturated rings. The minimum absolute atomic E-state index is 0. The van der Waals surface area contributed by atoms with Crippen molar-refractivity contribution in [2.24, 2.45) is 0 Å². The van der Waals surface area contributed by atoms with E-state index in [4.69, 9.17) is 4.74 Å². The fraction of sp³-hybridized carbons (Fsp3) is 0.174. The van der Waals surface area contributed by atoms with Crippen molar-refractivity contribution in [1.29, 1.82) is 0 Å². The summed E-state index contributed by atoms with van der Waals surface area (Å²) in [7, 11) is 0. The van der Waals surface area contributed by atoms with Crippen LogP contribution in [0.5, 0.6) is 0 Å². The fourth-order valence-corrected chi connectivity index (χ4v) is 2.82. The maximum absolute atomic E-state index is 12.5. The number of imidazole rings is 1. The van der Waals surface area contributed by atoms with Gasteiger partial charge in [0, 0.05) is 5.57 Å². The van der Waals surface area contributed by atoms with E-state index in [2.05, 4.69) is 0 Å². The average Bonchev–Trinajstić information content (AvgIpc) is 3.18. The molecule has 0 saturated heterocycles. The Hall–Kier alpha value is -2.74. The van der Waals surface area contributed by atoms with Crippen LogP contribution < -0.4 is 28.5 Å². The molecule has 1 heterocycles. The molecule has 0 amide bonds. The lowest BCUT2D eigenvalue weighted by Crippen LogP contribution is -3.00. The van der Waals surface area contributed by atoms with Gasteiger partial charge in [-0.15, -0.1) is 0 Å². The van der Waals surface area contributed by atoms with Gasteiger partial charge in [-0.3, -0.25) is 0 Å². The Labute approximate surface area is 187 Å². The summed E-state index contributed by atoms with van der Waals surface area (Å²) in [4.78, 5) is 24.2. The first-order valence-electron chi connectivity index (χ1n) is 9.18. The number of carbonyl (C=O) groups excluding carboxylic acids is 2. The molecule has 0 radical (unpaired) electrons. The Morgan fingerprint density at radius 2 is 1.76 bits per heavy atom. The third-order valence-corrected chi connectivity index (χ3v) is 4.27. The van der Waals surface area contributed by atoms with Crippen LogP contribution in [0.25, 0.3) is 6.08 Å². The van der Waals surface area contributed by atoms with Gasteiger partial charge in [0.05, 0.1) is 12.2 Å². The third kappa shape index (κ3) is 6.12. The topological polar surface area (TPSA) is 52.2 Å². The van der Waals surface area contributed by atoms with Crippen molar-refractivity contribution in [1.82, 2.24) is 4.57 Å². The van der Waals surface area contributed by atoms with Crippen LogP contribution in [-0.4, -0.2) is 23.1 Å². The van der Waals surface area contributed by atoms with E-state index in [9.17, 15) is 9.59 Å². The zero-order valence-electron chi connectivity index (χ0n) is 16.4. The quantitative estimate of drug-likeness (QED) is 0.214. The van der Waals surface area contributed by atoms with Gasteiger partial charge in [0.25, 0.3) is 6.33 Å². The zero-order chi connectivity index (χ0) is 19.9. The van der Waals surface area contributed by atoms with E-state index in [0.717, 1.165) is 11.1 Å². The first-order chi connectivity index (χ1) is 13.6. The van der Waals surface area contributed by atoms with Gasteiger partial charge in [0.2, 0.25) is 0 Å². The lowest BCUT2D eigenvalue weighted by atomic mass is 10.1. The first kappa shape index (κ1) is 22.5. The highest BCUT2D eigenvalue weighted by molar-refractivity contribution is 5.95. The SMILES string of the molecule is CCOC(=O)C(C)=Cc1ccc(C[n+]2ccn(C(=O)c3ccccc3)c2)cc1.[I-]. The highest BCUT2D eigenvalue weighted by Crippen LogP contribution is 2.10. The number of hydrogen-bond acceptors (Lipinski definition) is 3. The van der Waals surface area contributed by atoms with E-state index in [0.29, 0.717) is 24.3 Å². The van der Waals surface area contributed by atoms with Gasteiger partial charge in [-0.2, -0.15) is 4.57 Å². The number of carbonyl (C=O) groups is 2. The highest BCUT2D eigenvalue weighted by Gasteiger charge is 2.15. The fourth-order valence-electron chi connectivity index (χ4n) is 2.82. The number of ether oxygens (including phenoxy) is 1. The van der Waals surface area contributed by atoms with E-state index in [1.165, 1.54) is 0 Å². The molecule has 1 aromatic heterocycles. The van der Waals surface area contributed by atoms with Crippen molar-refractivity contribution < 1.29 is 42.9 Å². The molecular formula is C23H23IN2O3. The maximum Gasteiger partial charge on any atom is 0.345 e. The molecule has 0 unspecified atom stereocenters. The summed E-state index contributed by atoms with van der Waals surface area (Å²) < 4.78 is 8.52. The summed E-state index contributed by atoms with van der Waals surface area (Å²) in [5.41, 5.74) is 3.26. The zero-order valence-corrected chi connectivity index (χ0v) is 18.6. The number of hydrogen-bond donors (Lipinski definition) is 0. The molecule has 0 bridgehead atoms. The molecule has 0 aliphatic rings. The van der Waals surface area contributed by atoms with Crippen molar-refractivity contribution in [3.63, 3.8) is 0 Å². The van der Waals surface area contributed by atoms with Crippen LogP contribution in [0.3, 0.4) is 0 Å². The molecule has 29 heavy (non-hydrogen) atoms. The van der Waals surface area contributed by atoms with Gasteiger partial charge in [-0.1, -0.05) is 42.5 Å². The lowest BCUT2D eigenvalue weighted by molar-refractivity contribution is -0.687. The predicted octanol–water partition coefficient (Wildman–Crippen LogP) is 0.483. The number of benzene rings is 2. The summed E-state index contributed by atoms with van der Waals surface area (Å²) in [6, 6.07) is 17.1. The second kappa shape index (κ2) is 10.7. The Bertz CT molecular complexity index is 992. The number of halogens is 1. The minimum atomic E-state index is -0.299. The van der Waals surface area contributed by atoms with Crippen LogP contribution in [0.15, 0.2) is 78.9 Å². The van der Waals surface area contributed by atoms with Crippen LogP contribution >= 0.6 is 0 Å². The Morgan fingerprint density at radius 1 is 1.07 bits per heavy atom. The lowest BCUT2D eigenvalue weighted by Gasteiger charge is -2.03. The second-order valence-corrected chi connectivity index (χ2v) is 6.45. The van der Waals surface area contributed by atoms with Gasteiger partial charge < -0.3 is 28.7 Å². The van der Waals surface area contributed by atoms with Gasteiger partial charge in [-0.25, -0.2) is 14.2 Å². The van der Waals surface area contributed by atoms with Gasteiger partial charge >= 0.3 is 11.9 Å². The number of nitrogens with zero attached hydrogens (tertiary/aromatic N) is 2. The summed E-state index contributed by atoms with van der Waals surface area (Å²) in [6.07, 6.45) is 7.23. The molecule has 0 saturated carbocycles. The van der Waals surface area contributed by atoms with Crippen molar-refractivity contribution in [2.45, 2.75) is 20.4 Å². The smallest absolute Gasteiger partial charge is 0.345 e. The highest BCUT2D eigenvalue weighted by atomic mass is 127. The van der Waals surface area contributed by atoms with Crippen molar-refractivity contribution in [3.8, 4) is 0 Å². The van der Waals surface area contributed by atoms with Gasteiger partial charge in [0.1, 0.15) is 18.9 Å². The molecule has 6 heteroatoms. The first-order valence-corrected chi connectivity index (χ1v) is 9.18. The molecule has 2 aromatic carbocycles. The van der Waals surface area contributed by atoms with Gasteiger partial charge in [0.15, 0.2) is 0 Å². The van der Waals surface area contributed by atoms with Gasteiger partial charge in [-0.05, 0) is 43.2 Å². The Morgan fingerprint density at radius 3 is 2.41 bits per heavy atom. The standard InChI is InChI=1S/C23H23N2O3.HI/c1-3-28-23(27)18(2)15-19-9-11-20(12-10-19)16-24-13-14-25(17-24)22(26)21-7-5-4-6-8-21;/h4-15,17H,3,16H2,1-2H3;1H/q+1;/p-1. The predicted molar refractivity (Wildman–Crippen MR) is 107 cm³/mol. The van der Waals surface area contributed by atoms with Crippen LogP contribution in [0.2, 0.25) is 0 Å². The summed E-state index contributed by atoms with van der Waals surface area (Å²) in [5, 5.41) is 0. The molecule has 0 aliphatic heterocycles. The van der Waals surface area contributed by atoms with Crippen LogP contribution in [0, 0.1) is 0 Å². The van der Waals surface area contributed by atoms with Crippen molar-refractivity contribution in [2.75, 3.05) is 6.61 Å². The molecule has 3 rings (SSSR count). The normalized spacial score (nSPS) is 10.9. The molecule has 3 aromatic rings. The average molecular weight is 502 g/mol. The monoisotopic (exact) mass is 502 g/mol. The number of rotatable bonds is 6. The largest absolute Gasteiger partial charge is 1.00 e. The van der Waals surface area contributed by atoms with E-state index in [-0.39, 0.29) is 35.9 Å². The summed E-state index contributed by atoms with van der Waals surface area (Å²) in [6.45, 7) is 4.55. The van der Waals surface area contributed by atoms with E-state index in [1.54, 1.807) is 43.1 Å². The third-order valence-electron chi connectivity index (χ3n) is 4.27. The second-order valence-electron chi connectivity index (χ2n) is 6.45. The molecule has 5 nitrogen and oxygen atoms in total. The molecule has 0 atom stereocenters. The number of aromatic nitrogens is 2. The summed E-state index contributed by atoms with van der Waals surface area (Å²) >= 11 is 0.